The number of aryl methyl sites for hydroxylation is 3. The van der Waals surface area contributed by atoms with Crippen molar-refractivity contribution in [2.24, 2.45) is 5.73 Å². The number of hydrogen-bond donors (Lipinski definition) is 1. The summed E-state index contributed by atoms with van der Waals surface area (Å²) in [5, 5.41) is 0. The van der Waals surface area contributed by atoms with E-state index in [1.54, 1.807) is 0 Å². The number of benzene rings is 2. The van der Waals surface area contributed by atoms with Crippen molar-refractivity contribution >= 4 is 0 Å². The Morgan fingerprint density at radius 2 is 1.86 bits per heavy atom. The molecule has 0 spiro atoms. The second-order valence-electron chi connectivity index (χ2n) is 5.89. The second-order valence-corrected chi connectivity index (χ2v) is 5.89. The molecule has 0 aromatic heterocycles. The molecule has 0 radical (unpaired) electrons. The predicted octanol–water partition coefficient (Wildman–Crippen LogP) is 3.95. The lowest BCUT2D eigenvalue weighted by atomic mass is 9.92. The van der Waals surface area contributed by atoms with Crippen LogP contribution in [0.5, 0.6) is 5.75 Å². The fourth-order valence-electron chi connectivity index (χ4n) is 3.07. The summed E-state index contributed by atoms with van der Waals surface area (Å²) >= 11 is 0. The van der Waals surface area contributed by atoms with Gasteiger partial charge < -0.3 is 10.5 Å². The zero-order valence-corrected chi connectivity index (χ0v) is 12.6. The molecule has 2 aromatic carbocycles. The lowest BCUT2D eigenvalue weighted by Crippen LogP contribution is -2.18. The number of nitrogens with two attached hydrogens (primary N) is 1. The molecule has 2 nitrogen and oxygen atoms in total. The first kappa shape index (κ1) is 14.2. The van der Waals surface area contributed by atoms with Crippen LogP contribution in [0, 0.1) is 6.92 Å². The molecule has 2 aromatic rings. The Kier molecular flexibility index (Phi) is 4.26. The minimum Gasteiger partial charge on any atom is -0.484 e. The van der Waals surface area contributed by atoms with E-state index in [9.17, 15) is 0 Å². The third kappa shape index (κ3) is 3.27. The molecule has 0 aliphatic heterocycles. The third-order valence-electron chi connectivity index (χ3n) is 4.23. The van der Waals surface area contributed by atoms with E-state index in [1.165, 1.54) is 42.4 Å². The van der Waals surface area contributed by atoms with Gasteiger partial charge in [0.1, 0.15) is 11.9 Å². The molecule has 0 saturated heterocycles. The summed E-state index contributed by atoms with van der Waals surface area (Å²) in [5.41, 5.74) is 11.2. The van der Waals surface area contributed by atoms with Crippen LogP contribution in [-0.4, -0.2) is 6.54 Å². The lowest BCUT2D eigenvalue weighted by molar-refractivity contribution is 0.214. The normalized spacial score (nSPS) is 15.3. The zero-order valence-electron chi connectivity index (χ0n) is 12.6. The Morgan fingerprint density at radius 1 is 1.05 bits per heavy atom. The molecule has 1 aliphatic rings. The molecule has 0 heterocycles. The molecule has 2 heteroatoms. The van der Waals surface area contributed by atoms with Gasteiger partial charge >= 0.3 is 0 Å². The van der Waals surface area contributed by atoms with Crippen molar-refractivity contribution in [1.29, 1.82) is 0 Å². The van der Waals surface area contributed by atoms with Gasteiger partial charge in [-0.2, -0.15) is 0 Å². The van der Waals surface area contributed by atoms with Crippen LogP contribution >= 0.6 is 0 Å². The van der Waals surface area contributed by atoms with Crippen molar-refractivity contribution in [2.75, 3.05) is 6.54 Å². The van der Waals surface area contributed by atoms with Crippen LogP contribution in [-0.2, 0) is 12.8 Å². The molecule has 0 bridgehead atoms. The van der Waals surface area contributed by atoms with E-state index in [1.807, 2.05) is 0 Å². The first-order valence-corrected chi connectivity index (χ1v) is 7.81. The Morgan fingerprint density at radius 3 is 2.62 bits per heavy atom. The monoisotopic (exact) mass is 281 g/mol. The molecule has 0 amide bonds. The molecular formula is C19H23NO. The first-order chi connectivity index (χ1) is 10.3. The van der Waals surface area contributed by atoms with E-state index < -0.39 is 0 Å². The van der Waals surface area contributed by atoms with E-state index in [0.717, 1.165) is 11.3 Å². The molecule has 1 atom stereocenters. The Balaban J connectivity index is 1.81. The van der Waals surface area contributed by atoms with Crippen LogP contribution in [0.4, 0.5) is 0 Å². The lowest BCUT2D eigenvalue weighted by Gasteiger charge is -2.21. The summed E-state index contributed by atoms with van der Waals surface area (Å²) in [4.78, 5) is 0. The van der Waals surface area contributed by atoms with E-state index in [0.29, 0.717) is 6.54 Å². The highest BCUT2D eigenvalue weighted by Crippen LogP contribution is 2.28. The smallest absolute Gasteiger partial charge is 0.136 e. The minimum atomic E-state index is -0.0773. The molecule has 1 unspecified atom stereocenters. The molecule has 2 N–H and O–H groups in total. The van der Waals surface area contributed by atoms with Crippen LogP contribution < -0.4 is 10.5 Å². The summed E-state index contributed by atoms with van der Waals surface area (Å²) in [7, 11) is 0. The van der Waals surface area contributed by atoms with Crippen molar-refractivity contribution in [3.63, 3.8) is 0 Å². The highest BCUT2D eigenvalue weighted by atomic mass is 16.5. The van der Waals surface area contributed by atoms with E-state index in [4.69, 9.17) is 10.5 Å². The summed E-state index contributed by atoms with van der Waals surface area (Å²) in [6.45, 7) is 2.58. The van der Waals surface area contributed by atoms with Gasteiger partial charge in [-0.05, 0) is 61.4 Å². The van der Waals surface area contributed by atoms with Crippen LogP contribution in [0.2, 0.25) is 0 Å². The Hall–Kier alpha value is -1.80. The van der Waals surface area contributed by atoms with Gasteiger partial charge in [0.05, 0.1) is 0 Å². The third-order valence-corrected chi connectivity index (χ3v) is 4.23. The standard InChI is InChI=1S/C19H23NO/c1-14-5-4-8-17(11-14)19(13-20)21-18-10-9-15-6-2-3-7-16(15)12-18/h4-5,8-12,19H,2-3,6-7,13,20H2,1H3. The fourth-order valence-corrected chi connectivity index (χ4v) is 3.07. The zero-order chi connectivity index (χ0) is 14.7. The highest BCUT2D eigenvalue weighted by molar-refractivity contribution is 5.37. The van der Waals surface area contributed by atoms with Crippen LogP contribution in [0.15, 0.2) is 42.5 Å². The van der Waals surface area contributed by atoms with Crippen LogP contribution in [0.25, 0.3) is 0 Å². The fraction of sp³-hybridized carbons (Fsp3) is 0.368. The van der Waals surface area contributed by atoms with Crippen molar-refractivity contribution in [3.05, 3.63) is 64.7 Å². The summed E-state index contributed by atoms with van der Waals surface area (Å²) in [6.07, 6.45) is 4.89. The molecule has 1 aliphatic carbocycles. The van der Waals surface area contributed by atoms with Crippen LogP contribution in [0.1, 0.15) is 41.2 Å². The second kappa shape index (κ2) is 6.31. The molecule has 21 heavy (non-hydrogen) atoms. The SMILES string of the molecule is Cc1cccc(C(CN)Oc2ccc3c(c2)CCCC3)c1. The van der Waals surface area contributed by atoms with E-state index in [2.05, 4.69) is 49.4 Å². The van der Waals surface area contributed by atoms with Gasteiger partial charge in [0.2, 0.25) is 0 Å². The van der Waals surface area contributed by atoms with Crippen molar-refractivity contribution < 1.29 is 4.74 Å². The number of fused-ring (bicyclic) bond motifs is 1. The highest BCUT2D eigenvalue weighted by Gasteiger charge is 2.14. The topological polar surface area (TPSA) is 35.2 Å². The number of ether oxygens (including phenoxy) is 1. The van der Waals surface area contributed by atoms with Crippen molar-refractivity contribution in [1.82, 2.24) is 0 Å². The van der Waals surface area contributed by atoms with Gasteiger partial charge in [-0.3, -0.25) is 0 Å². The van der Waals surface area contributed by atoms with Crippen molar-refractivity contribution in [3.8, 4) is 5.75 Å². The van der Waals surface area contributed by atoms with E-state index >= 15 is 0 Å². The number of rotatable bonds is 4. The van der Waals surface area contributed by atoms with Gasteiger partial charge in [-0.1, -0.05) is 35.9 Å². The quantitative estimate of drug-likeness (QED) is 0.921. The molecule has 0 saturated carbocycles. The van der Waals surface area contributed by atoms with E-state index in [-0.39, 0.29) is 6.10 Å². The van der Waals surface area contributed by atoms with Gasteiger partial charge in [0.15, 0.2) is 0 Å². The first-order valence-electron chi connectivity index (χ1n) is 7.81. The van der Waals surface area contributed by atoms with Crippen LogP contribution in [0.3, 0.4) is 0 Å². The minimum absolute atomic E-state index is 0.0773. The maximum Gasteiger partial charge on any atom is 0.136 e. The summed E-state index contributed by atoms with van der Waals surface area (Å²) < 4.78 is 6.15. The maximum absolute atomic E-state index is 6.15. The van der Waals surface area contributed by atoms with Gasteiger partial charge in [0, 0.05) is 6.54 Å². The largest absolute Gasteiger partial charge is 0.484 e. The maximum atomic E-state index is 6.15. The molecule has 0 fully saturated rings. The molecule has 110 valence electrons. The van der Waals surface area contributed by atoms with Crippen molar-refractivity contribution in [2.45, 2.75) is 38.7 Å². The van der Waals surface area contributed by atoms with Gasteiger partial charge in [0.25, 0.3) is 0 Å². The predicted molar refractivity (Wildman–Crippen MR) is 86.7 cm³/mol. The average Bonchev–Trinajstić information content (AvgIpc) is 2.52. The molecular weight excluding hydrogens is 258 g/mol. The average molecular weight is 281 g/mol. The summed E-state index contributed by atoms with van der Waals surface area (Å²) in [5.74, 6) is 0.938. The molecule has 3 rings (SSSR count). The Bertz CT molecular complexity index is 621. The van der Waals surface area contributed by atoms with Gasteiger partial charge in [-0.15, -0.1) is 0 Å². The Labute approximate surface area is 126 Å². The number of hydrogen-bond acceptors (Lipinski definition) is 2. The van der Waals surface area contributed by atoms with Gasteiger partial charge in [-0.25, -0.2) is 0 Å². The summed E-state index contributed by atoms with van der Waals surface area (Å²) in [6, 6.07) is 14.9.